The van der Waals surface area contributed by atoms with E-state index >= 15 is 0 Å². The first-order valence-electron chi connectivity index (χ1n) is 34.4. The number of carbonyl (C=O) groups is 3. The van der Waals surface area contributed by atoms with E-state index in [0.717, 1.165) is 128 Å². The van der Waals surface area contributed by atoms with Crippen LogP contribution in [0.1, 0.15) is 329 Å². The van der Waals surface area contributed by atoms with Crippen LogP contribution in [0.4, 0.5) is 0 Å². The first kappa shape index (κ1) is 77.1. The largest absolute Gasteiger partial charge is 0.462 e. The molecule has 6 heteroatoms. The number of hydrogen-bond donors (Lipinski definition) is 0. The van der Waals surface area contributed by atoms with Gasteiger partial charge >= 0.3 is 17.9 Å². The second kappa shape index (κ2) is 68.6. The lowest BCUT2D eigenvalue weighted by Gasteiger charge is -2.18. The smallest absolute Gasteiger partial charge is 0.306 e. The van der Waals surface area contributed by atoms with Crippen LogP contribution in [0.15, 0.2) is 109 Å². The molecule has 6 nitrogen and oxygen atoms in total. The quantitative estimate of drug-likeness (QED) is 0.0261. The summed E-state index contributed by atoms with van der Waals surface area (Å²) < 4.78 is 16.9. The lowest BCUT2D eigenvalue weighted by atomic mass is 10.0. The molecule has 0 aliphatic carbocycles. The summed E-state index contributed by atoms with van der Waals surface area (Å²) in [4.78, 5) is 38.4. The lowest BCUT2D eigenvalue weighted by Crippen LogP contribution is -2.30. The van der Waals surface area contributed by atoms with Crippen molar-refractivity contribution in [3.8, 4) is 0 Å². The molecule has 1 atom stereocenters. The fourth-order valence-electron chi connectivity index (χ4n) is 9.59. The number of hydrogen-bond acceptors (Lipinski definition) is 6. The molecule has 0 heterocycles. The van der Waals surface area contributed by atoms with Crippen LogP contribution in [0.3, 0.4) is 0 Å². The van der Waals surface area contributed by atoms with E-state index in [2.05, 4.69) is 130 Å². The molecule has 0 saturated carbocycles. The predicted molar refractivity (Wildman–Crippen MR) is 353 cm³/mol. The molecule has 0 radical (unpaired) electrons. The summed E-state index contributed by atoms with van der Waals surface area (Å²) in [5.41, 5.74) is 0. The molecule has 1 unspecified atom stereocenters. The SMILES string of the molecule is CC/C=C\C/C=C\C/C=C\C/C=C\C/C=C\CCCCCCCC(=O)OC(COC(=O)CCCCCCC/C=C\CCCCCC)COC(=O)CCCCCCCCCCCCCCCC/C=C\C/C=C\C/C=C\CCCCCCC. The third kappa shape index (κ3) is 66.8. The normalized spacial score (nSPS) is 12.8. The molecule has 0 bridgehead atoms. The maximum atomic E-state index is 12.9. The third-order valence-electron chi connectivity index (χ3n) is 14.7. The molecular weight excluding hydrogens is 997 g/mol. The van der Waals surface area contributed by atoms with Gasteiger partial charge in [-0.1, -0.05) is 291 Å². The second-order valence-corrected chi connectivity index (χ2v) is 22.7. The first-order valence-corrected chi connectivity index (χ1v) is 34.4. The van der Waals surface area contributed by atoms with Crippen molar-refractivity contribution >= 4 is 17.9 Å². The third-order valence-corrected chi connectivity index (χ3v) is 14.7. The van der Waals surface area contributed by atoms with Crippen LogP contribution in [0, 0.1) is 0 Å². The average molecular weight is 1130 g/mol. The Bertz CT molecular complexity index is 1620. The summed E-state index contributed by atoms with van der Waals surface area (Å²) in [6.45, 7) is 6.50. The molecule has 0 fully saturated rings. The molecular formula is C75H128O6. The Hall–Kier alpha value is -3.93. The minimum Gasteiger partial charge on any atom is -0.462 e. The highest BCUT2D eigenvalue weighted by atomic mass is 16.6. The van der Waals surface area contributed by atoms with Crippen LogP contribution in [0.2, 0.25) is 0 Å². The summed E-state index contributed by atoms with van der Waals surface area (Å²) in [6.07, 6.45) is 93.9. The van der Waals surface area contributed by atoms with Gasteiger partial charge in [-0.15, -0.1) is 0 Å². The predicted octanol–water partition coefficient (Wildman–Crippen LogP) is 23.8. The highest BCUT2D eigenvalue weighted by Crippen LogP contribution is 2.16. The Balaban J connectivity index is 4.30. The van der Waals surface area contributed by atoms with Gasteiger partial charge in [0.25, 0.3) is 0 Å². The summed E-state index contributed by atoms with van der Waals surface area (Å²) >= 11 is 0. The molecule has 0 rings (SSSR count). The van der Waals surface area contributed by atoms with Gasteiger partial charge in [0.15, 0.2) is 6.10 Å². The Labute approximate surface area is 501 Å². The van der Waals surface area contributed by atoms with Crippen molar-refractivity contribution in [2.45, 2.75) is 335 Å². The Morgan fingerprint density at radius 1 is 0.259 bits per heavy atom. The standard InChI is InChI=1S/C75H128O6/c1-4-7-10-13-16-19-22-25-27-29-31-33-34-35-36-37-38-39-40-42-43-45-47-50-53-56-59-62-65-68-74(77)80-71-72(70-79-73(76)67-64-61-58-55-52-49-24-21-18-15-12-9-6-3)81-75(78)69-66-63-60-57-54-51-48-46-44-41-32-30-28-26-23-20-17-14-11-8-5-2/h8,11,17,20-22,24-26,28-29,31-32,34-35,41,46,48,72H,4-7,9-10,12-16,18-19,23,27,30,33,36-40,42-45,47,49-71H2,1-3H3/b11-8-,20-17-,24-21-,25-22-,28-26-,31-29-,35-34-,41-32-,48-46-. The number of unbranched alkanes of at least 4 members (excludes halogenated alkanes) is 33. The number of rotatable bonds is 62. The van der Waals surface area contributed by atoms with Crippen molar-refractivity contribution < 1.29 is 28.6 Å². The fourth-order valence-corrected chi connectivity index (χ4v) is 9.59. The van der Waals surface area contributed by atoms with Crippen LogP contribution < -0.4 is 0 Å². The van der Waals surface area contributed by atoms with E-state index in [9.17, 15) is 14.4 Å². The molecule has 0 N–H and O–H groups in total. The summed E-state index contributed by atoms with van der Waals surface area (Å²) in [5.74, 6) is -0.907. The van der Waals surface area contributed by atoms with Crippen molar-refractivity contribution in [3.05, 3.63) is 109 Å². The molecule has 0 aromatic carbocycles. The minimum absolute atomic E-state index is 0.0886. The highest BCUT2D eigenvalue weighted by Gasteiger charge is 2.19. The van der Waals surface area contributed by atoms with Gasteiger partial charge in [-0.25, -0.2) is 0 Å². The number of ether oxygens (including phenoxy) is 3. The number of esters is 3. The molecule has 81 heavy (non-hydrogen) atoms. The fraction of sp³-hybridized carbons (Fsp3) is 0.720. The van der Waals surface area contributed by atoms with Gasteiger partial charge in [0.2, 0.25) is 0 Å². The van der Waals surface area contributed by atoms with E-state index < -0.39 is 6.10 Å². The summed E-state index contributed by atoms with van der Waals surface area (Å²) in [6, 6.07) is 0. The lowest BCUT2D eigenvalue weighted by molar-refractivity contribution is -0.167. The van der Waals surface area contributed by atoms with Crippen molar-refractivity contribution in [1.82, 2.24) is 0 Å². The van der Waals surface area contributed by atoms with E-state index in [1.165, 1.54) is 161 Å². The average Bonchev–Trinajstić information content (AvgIpc) is 3.46. The zero-order valence-corrected chi connectivity index (χ0v) is 53.3. The van der Waals surface area contributed by atoms with Crippen LogP contribution in [-0.2, 0) is 28.6 Å². The van der Waals surface area contributed by atoms with Gasteiger partial charge < -0.3 is 14.2 Å². The van der Waals surface area contributed by atoms with Gasteiger partial charge in [0, 0.05) is 19.3 Å². The van der Waals surface area contributed by atoms with E-state index in [4.69, 9.17) is 14.2 Å². The van der Waals surface area contributed by atoms with Gasteiger partial charge in [0.05, 0.1) is 0 Å². The maximum absolute atomic E-state index is 12.9. The Kier molecular flexibility index (Phi) is 65.2. The van der Waals surface area contributed by atoms with Gasteiger partial charge in [-0.05, 0) is 128 Å². The van der Waals surface area contributed by atoms with Crippen molar-refractivity contribution in [2.75, 3.05) is 13.2 Å². The Morgan fingerprint density at radius 2 is 0.481 bits per heavy atom. The zero-order chi connectivity index (χ0) is 58.5. The van der Waals surface area contributed by atoms with Crippen LogP contribution in [0.25, 0.3) is 0 Å². The van der Waals surface area contributed by atoms with E-state index in [1.807, 2.05) is 0 Å². The highest BCUT2D eigenvalue weighted by molar-refractivity contribution is 5.71. The van der Waals surface area contributed by atoms with Crippen LogP contribution in [0.5, 0.6) is 0 Å². The summed E-state index contributed by atoms with van der Waals surface area (Å²) in [5, 5.41) is 0. The van der Waals surface area contributed by atoms with Gasteiger partial charge in [-0.3, -0.25) is 14.4 Å². The van der Waals surface area contributed by atoms with Crippen LogP contribution in [-0.4, -0.2) is 37.2 Å². The summed E-state index contributed by atoms with van der Waals surface area (Å²) in [7, 11) is 0. The molecule has 0 aliphatic heterocycles. The van der Waals surface area contributed by atoms with Crippen LogP contribution >= 0.6 is 0 Å². The minimum atomic E-state index is -0.795. The zero-order valence-electron chi connectivity index (χ0n) is 53.3. The molecule has 0 amide bonds. The maximum Gasteiger partial charge on any atom is 0.306 e. The molecule has 0 saturated heterocycles. The van der Waals surface area contributed by atoms with Crippen molar-refractivity contribution in [1.29, 1.82) is 0 Å². The first-order chi connectivity index (χ1) is 40.0. The van der Waals surface area contributed by atoms with Gasteiger partial charge in [0.1, 0.15) is 13.2 Å². The monoisotopic (exact) mass is 1120 g/mol. The Morgan fingerprint density at radius 3 is 0.778 bits per heavy atom. The topological polar surface area (TPSA) is 78.9 Å². The van der Waals surface area contributed by atoms with E-state index in [-0.39, 0.29) is 31.1 Å². The molecule has 0 aromatic rings. The van der Waals surface area contributed by atoms with Crippen molar-refractivity contribution in [2.24, 2.45) is 0 Å². The molecule has 0 aliphatic rings. The number of carbonyl (C=O) groups excluding carboxylic acids is 3. The van der Waals surface area contributed by atoms with E-state index in [0.29, 0.717) is 19.3 Å². The second-order valence-electron chi connectivity index (χ2n) is 22.7. The number of allylic oxidation sites excluding steroid dienone is 18. The van der Waals surface area contributed by atoms with Crippen molar-refractivity contribution in [3.63, 3.8) is 0 Å². The molecule has 464 valence electrons. The molecule has 0 spiro atoms. The molecule has 0 aromatic heterocycles. The van der Waals surface area contributed by atoms with E-state index in [1.54, 1.807) is 0 Å². The van der Waals surface area contributed by atoms with Gasteiger partial charge in [-0.2, -0.15) is 0 Å².